The first-order valence-corrected chi connectivity index (χ1v) is 12.2. The van der Waals surface area contributed by atoms with Crippen LogP contribution in [0.4, 0.5) is 0 Å². The number of unbranched alkanes of at least 4 members (excludes halogenated alkanes) is 1. The third-order valence-electron chi connectivity index (χ3n) is 4.12. The van der Waals surface area contributed by atoms with Crippen LogP contribution in [0.25, 0.3) is 0 Å². The molecule has 2 rings (SSSR count). The van der Waals surface area contributed by atoms with Gasteiger partial charge in [-0.2, -0.15) is 21.6 Å². The highest BCUT2D eigenvalue weighted by molar-refractivity contribution is 7.84. The van der Waals surface area contributed by atoms with Gasteiger partial charge in [0.25, 0.3) is 0 Å². The van der Waals surface area contributed by atoms with Crippen LogP contribution in [0.2, 0.25) is 0 Å². The normalized spacial score (nSPS) is 34.3. The lowest BCUT2D eigenvalue weighted by atomic mass is 9.96. The molecule has 0 radical (unpaired) electrons. The van der Waals surface area contributed by atoms with Crippen molar-refractivity contribution < 1.29 is 57.8 Å². The summed E-state index contributed by atoms with van der Waals surface area (Å²) in [5, 5.41) is 10.6. The fraction of sp³-hybridized carbons (Fsp3) is 1.00. The summed E-state index contributed by atoms with van der Waals surface area (Å²) in [5.74, 6) is -3.74. The average Bonchev–Trinajstić information content (AvgIpc) is 2.88. The molecule has 0 amide bonds. The van der Waals surface area contributed by atoms with Crippen molar-refractivity contribution in [3.63, 3.8) is 0 Å². The van der Waals surface area contributed by atoms with Crippen LogP contribution in [-0.4, -0.2) is 80.4 Å². The molecule has 0 spiro atoms. The molecule has 2 fully saturated rings. The molecule has 2 aliphatic heterocycles. The van der Waals surface area contributed by atoms with Crippen molar-refractivity contribution in [1.82, 2.24) is 4.72 Å². The molecule has 2 aliphatic rings. The fourth-order valence-corrected chi connectivity index (χ4v) is 4.65. The molecule has 7 atom stereocenters. The second kappa shape index (κ2) is 10.2. The number of nitrogens with one attached hydrogen (secondary N) is 1. The second-order valence-electron chi connectivity index (χ2n) is 6.85. The number of aliphatic hydroxyl groups is 1. The summed E-state index contributed by atoms with van der Waals surface area (Å²) in [4.78, 5) is 0. The fourth-order valence-electron chi connectivity index (χ4n) is 3.02. The van der Waals surface area contributed by atoms with Gasteiger partial charge in [-0.15, -0.1) is 0 Å². The molecule has 30 heavy (non-hydrogen) atoms. The van der Waals surface area contributed by atoms with Gasteiger partial charge in [0.2, 0.25) is 5.79 Å². The maximum absolute atomic E-state index is 12.1. The second-order valence-corrected chi connectivity index (χ2v) is 9.49. The molecule has 0 aromatic heterocycles. The smallest absolute Gasteiger partial charge is 0.338 e. The number of aliphatic hydroxyl groups excluding tert-OH is 1. The number of hydrogen-bond donors (Lipinski definition) is 4. The van der Waals surface area contributed by atoms with Crippen LogP contribution in [0.1, 0.15) is 33.6 Å². The molecule has 0 saturated carbocycles. The molecule has 2 saturated heterocycles. The van der Waals surface area contributed by atoms with E-state index in [1.165, 1.54) is 13.8 Å². The van der Waals surface area contributed by atoms with E-state index in [9.17, 15) is 21.9 Å². The SMILES string of the molecule is CCCCOS(=O)(=O)NC(O)[C@@]12OC[C@@H](OS(=O)O)[C@@H](OS(=O)O)[C@@H]1OC(C)(C)O2. The molecular formula is C13H25NO13S3. The highest BCUT2D eigenvalue weighted by atomic mass is 32.2. The first-order chi connectivity index (χ1) is 13.8. The molecule has 2 heterocycles. The van der Waals surface area contributed by atoms with Gasteiger partial charge in [0.15, 0.2) is 12.0 Å². The first kappa shape index (κ1) is 26.1. The predicted octanol–water partition coefficient (Wildman–Crippen LogP) is -1.12. The van der Waals surface area contributed by atoms with Crippen molar-refractivity contribution in [3.05, 3.63) is 0 Å². The van der Waals surface area contributed by atoms with Gasteiger partial charge in [0, 0.05) is 0 Å². The van der Waals surface area contributed by atoms with Gasteiger partial charge in [0.05, 0.1) is 13.2 Å². The van der Waals surface area contributed by atoms with Gasteiger partial charge in [-0.05, 0) is 20.3 Å². The van der Waals surface area contributed by atoms with E-state index in [1.807, 2.05) is 11.6 Å². The van der Waals surface area contributed by atoms with Crippen LogP contribution in [0, 0.1) is 0 Å². The van der Waals surface area contributed by atoms with E-state index in [-0.39, 0.29) is 6.61 Å². The summed E-state index contributed by atoms with van der Waals surface area (Å²) in [5.41, 5.74) is 0. The molecule has 0 aliphatic carbocycles. The van der Waals surface area contributed by atoms with Crippen molar-refractivity contribution in [3.8, 4) is 0 Å². The molecule has 3 unspecified atom stereocenters. The number of fused-ring (bicyclic) bond motifs is 1. The number of ether oxygens (including phenoxy) is 3. The van der Waals surface area contributed by atoms with E-state index < -0.39 is 75.7 Å². The average molecular weight is 500 g/mol. The molecule has 14 nitrogen and oxygen atoms in total. The quantitative estimate of drug-likeness (QED) is 0.152. The Morgan fingerprint density at radius 1 is 1.23 bits per heavy atom. The highest BCUT2D eigenvalue weighted by Crippen LogP contribution is 2.45. The van der Waals surface area contributed by atoms with E-state index in [0.717, 1.165) is 0 Å². The summed E-state index contributed by atoms with van der Waals surface area (Å²) >= 11 is -5.69. The zero-order valence-corrected chi connectivity index (χ0v) is 18.7. The molecule has 0 aromatic rings. The van der Waals surface area contributed by atoms with Crippen LogP contribution in [0.5, 0.6) is 0 Å². The molecule has 17 heteroatoms. The zero-order chi connectivity index (χ0) is 22.7. The standard InChI is InChI=1S/C13H25NO13S3/c1-4-5-6-23-30(20,21)14-11(15)13-10(24-12(2,3)27-13)9(26-29(18)19)8(7-22-13)25-28(16)17/h8-11,14-15H,4-7H2,1-3H3,(H,16,17)(H,18,19)/t8-,9-,10+,11?,13-/m1/s1. The Hall–Kier alpha value is -0.150. The molecular weight excluding hydrogens is 474 g/mol. The van der Waals surface area contributed by atoms with Gasteiger partial charge >= 0.3 is 33.0 Å². The van der Waals surface area contributed by atoms with Crippen LogP contribution in [-0.2, 0) is 59.8 Å². The third kappa shape index (κ3) is 6.44. The van der Waals surface area contributed by atoms with Crippen molar-refractivity contribution in [2.75, 3.05) is 13.2 Å². The van der Waals surface area contributed by atoms with Crippen LogP contribution >= 0.6 is 0 Å². The minimum Gasteiger partial charge on any atom is -0.372 e. The highest BCUT2D eigenvalue weighted by Gasteiger charge is 2.67. The largest absolute Gasteiger partial charge is 0.372 e. The van der Waals surface area contributed by atoms with E-state index in [1.54, 1.807) is 0 Å². The molecule has 0 aromatic carbocycles. The Kier molecular flexibility index (Phi) is 8.87. The lowest BCUT2D eigenvalue weighted by Gasteiger charge is -2.44. The predicted molar refractivity (Wildman–Crippen MR) is 98.9 cm³/mol. The monoisotopic (exact) mass is 499 g/mol. The van der Waals surface area contributed by atoms with E-state index >= 15 is 0 Å². The molecule has 178 valence electrons. The first-order valence-electron chi connectivity index (χ1n) is 8.74. The zero-order valence-electron chi connectivity index (χ0n) is 16.3. The van der Waals surface area contributed by atoms with Gasteiger partial charge < -0.3 is 19.3 Å². The summed E-state index contributed by atoms with van der Waals surface area (Å²) in [7, 11) is -4.44. The van der Waals surface area contributed by atoms with Gasteiger partial charge in [-0.1, -0.05) is 13.3 Å². The minimum absolute atomic E-state index is 0.133. The summed E-state index contributed by atoms with van der Waals surface area (Å²) in [6, 6.07) is 0. The lowest BCUT2D eigenvalue weighted by Crippen LogP contribution is -2.68. The Morgan fingerprint density at radius 2 is 1.87 bits per heavy atom. The Labute approximate surface area is 178 Å². The molecule has 4 N–H and O–H groups in total. The minimum atomic E-state index is -4.44. The summed E-state index contributed by atoms with van der Waals surface area (Å²) in [6.45, 7) is 3.92. The maximum atomic E-state index is 12.1. The topological polar surface area (TPSA) is 196 Å². The van der Waals surface area contributed by atoms with E-state index in [2.05, 4.69) is 0 Å². The van der Waals surface area contributed by atoms with Crippen LogP contribution in [0.3, 0.4) is 0 Å². The lowest BCUT2D eigenvalue weighted by molar-refractivity contribution is -0.324. The van der Waals surface area contributed by atoms with Crippen molar-refractivity contribution in [1.29, 1.82) is 0 Å². The summed E-state index contributed by atoms with van der Waals surface area (Å²) in [6.07, 6.45) is -5.52. The third-order valence-corrected chi connectivity index (χ3v) is 5.91. The molecule has 0 bridgehead atoms. The van der Waals surface area contributed by atoms with E-state index in [0.29, 0.717) is 12.8 Å². The van der Waals surface area contributed by atoms with Crippen molar-refractivity contribution in [2.45, 2.75) is 69.7 Å². The van der Waals surface area contributed by atoms with E-state index in [4.69, 9.17) is 35.9 Å². The number of rotatable bonds is 11. The van der Waals surface area contributed by atoms with Crippen molar-refractivity contribution in [2.24, 2.45) is 0 Å². The van der Waals surface area contributed by atoms with Crippen molar-refractivity contribution >= 4 is 33.0 Å². The van der Waals surface area contributed by atoms with Gasteiger partial charge in [0.1, 0.15) is 18.3 Å². The Balaban J connectivity index is 2.32. The number of hydrogen-bond acceptors (Lipinski definition) is 11. The Morgan fingerprint density at radius 3 is 2.43 bits per heavy atom. The Bertz CT molecular complexity index is 747. The summed E-state index contributed by atoms with van der Waals surface area (Å²) < 4.78 is 97.5. The van der Waals surface area contributed by atoms with Gasteiger partial charge in [-0.3, -0.25) is 21.7 Å². The maximum Gasteiger partial charge on any atom is 0.338 e. The van der Waals surface area contributed by atoms with Gasteiger partial charge in [-0.25, -0.2) is 0 Å². The van der Waals surface area contributed by atoms with Crippen LogP contribution in [0.15, 0.2) is 0 Å². The van der Waals surface area contributed by atoms with Crippen LogP contribution < -0.4 is 4.72 Å².